The van der Waals surface area contributed by atoms with Crippen molar-refractivity contribution in [3.8, 4) is 11.3 Å². The number of carbonyl (C=O) groups is 1. The topological polar surface area (TPSA) is 33.5 Å². The van der Waals surface area contributed by atoms with Gasteiger partial charge in [0.2, 0.25) is 0 Å². The Morgan fingerprint density at radius 1 is 1.00 bits per heavy atom. The van der Waals surface area contributed by atoms with Gasteiger partial charge in [-0.1, -0.05) is 30.3 Å². The zero-order chi connectivity index (χ0) is 19.0. The molecule has 138 valence electrons. The van der Waals surface area contributed by atoms with Gasteiger partial charge >= 0.3 is 6.18 Å². The number of halogens is 3. The van der Waals surface area contributed by atoms with E-state index in [1.807, 2.05) is 24.3 Å². The first-order valence-electron chi connectivity index (χ1n) is 8.61. The van der Waals surface area contributed by atoms with Crippen LogP contribution in [0.1, 0.15) is 28.1 Å². The molecule has 1 aliphatic rings. The highest BCUT2D eigenvalue weighted by atomic mass is 19.4. The highest BCUT2D eigenvalue weighted by molar-refractivity contribution is 6.05. The van der Waals surface area contributed by atoms with Gasteiger partial charge in [-0.05, 0) is 48.7 Å². The fourth-order valence-corrected chi connectivity index (χ4v) is 3.33. The normalized spacial score (nSPS) is 14.1. The Morgan fingerprint density at radius 2 is 1.81 bits per heavy atom. The van der Waals surface area contributed by atoms with Crippen LogP contribution < -0.4 is 4.90 Å². The zero-order valence-corrected chi connectivity index (χ0v) is 14.3. The van der Waals surface area contributed by atoms with Crippen LogP contribution in [0.5, 0.6) is 0 Å². The number of benzene rings is 2. The minimum absolute atomic E-state index is 0.110. The van der Waals surface area contributed by atoms with Crippen LogP contribution in [0.15, 0.2) is 65.1 Å². The summed E-state index contributed by atoms with van der Waals surface area (Å²) in [6.45, 7) is 0.579. The van der Waals surface area contributed by atoms with Crippen LogP contribution in [-0.4, -0.2) is 12.5 Å². The standard InChI is InChI=1S/C21H16F3NO2/c22-21(23,24)16-8-3-6-15(13-16)18-10-11-19(27-18)20(26)25-12-4-7-14-5-1-2-9-17(14)25/h1-3,5-6,8-11,13H,4,7,12H2. The number of hydrogen-bond acceptors (Lipinski definition) is 2. The summed E-state index contributed by atoms with van der Waals surface area (Å²) in [6, 6.07) is 15.6. The number of fused-ring (bicyclic) bond motifs is 1. The van der Waals surface area contributed by atoms with E-state index < -0.39 is 11.7 Å². The third kappa shape index (κ3) is 3.35. The van der Waals surface area contributed by atoms with Gasteiger partial charge in [-0.15, -0.1) is 0 Å². The Bertz CT molecular complexity index is 991. The quantitative estimate of drug-likeness (QED) is 0.591. The number of aryl methyl sites for hydroxylation is 1. The number of amides is 1. The molecule has 0 saturated heterocycles. The first-order chi connectivity index (χ1) is 12.9. The lowest BCUT2D eigenvalue weighted by atomic mass is 10.0. The van der Waals surface area contributed by atoms with E-state index in [4.69, 9.17) is 4.42 Å². The van der Waals surface area contributed by atoms with Crippen LogP contribution >= 0.6 is 0 Å². The van der Waals surface area contributed by atoms with E-state index in [0.29, 0.717) is 6.54 Å². The largest absolute Gasteiger partial charge is 0.451 e. The summed E-state index contributed by atoms with van der Waals surface area (Å²) in [6.07, 6.45) is -2.67. The van der Waals surface area contributed by atoms with Crippen LogP contribution in [0.25, 0.3) is 11.3 Å². The van der Waals surface area contributed by atoms with Crippen LogP contribution in [-0.2, 0) is 12.6 Å². The number of rotatable bonds is 2. The molecule has 2 heterocycles. The predicted molar refractivity (Wildman–Crippen MR) is 95.6 cm³/mol. The Morgan fingerprint density at radius 3 is 2.63 bits per heavy atom. The van der Waals surface area contributed by atoms with Crippen molar-refractivity contribution < 1.29 is 22.4 Å². The zero-order valence-electron chi connectivity index (χ0n) is 14.3. The van der Waals surface area contributed by atoms with Crippen molar-refractivity contribution in [2.24, 2.45) is 0 Å². The second-order valence-electron chi connectivity index (χ2n) is 6.43. The van der Waals surface area contributed by atoms with Crippen molar-refractivity contribution in [1.82, 2.24) is 0 Å². The van der Waals surface area contributed by atoms with E-state index in [0.717, 1.165) is 36.2 Å². The average molecular weight is 371 g/mol. The fourth-order valence-electron chi connectivity index (χ4n) is 3.33. The second-order valence-corrected chi connectivity index (χ2v) is 6.43. The third-order valence-electron chi connectivity index (χ3n) is 4.65. The molecule has 1 amide bonds. The Labute approximate surface area is 154 Å². The molecule has 0 bridgehead atoms. The van der Waals surface area contributed by atoms with Gasteiger partial charge in [0.25, 0.3) is 5.91 Å². The van der Waals surface area contributed by atoms with Crippen molar-refractivity contribution >= 4 is 11.6 Å². The van der Waals surface area contributed by atoms with E-state index in [1.165, 1.54) is 24.3 Å². The molecule has 0 spiro atoms. The van der Waals surface area contributed by atoms with Gasteiger partial charge in [0.05, 0.1) is 5.56 Å². The molecule has 2 aromatic carbocycles. The summed E-state index contributed by atoms with van der Waals surface area (Å²) >= 11 is 0. The molecule has 0 unspecified atom stereocenters. The summed E-state index contributed by atoms with van der Waals surface area (Å²) in [5, 5.41) is 0. The van der Waals surface area contributed by atoms with E-state index in [9.17, 15) is 18.0 Å². The van der Waals surface area contributed by atoms with Crippen molar-refractivity contribution in [3.63, 3.8) is 0 Å². The van der Waals surface area contributed by atoms with Crippen LogP contribution in [0.4, 0.5) is 18.9 Å². The molecule has 0 atom stereocenters. The maximum absolute atomic E-state index is 12.9. The molecule has 0 radical (unpaired) electrons. The molecule has 0 N–H and O–H groups in total. The molecule has 6 heteroatoms. The summed E-state index contributed by atoms with van der Waals surface area (Å²) < 4.78 is 44.3. The molecule has 3 nitrogen and oxygen atoms in total. The fraction of sp³-hybridized carbons (Fsp3) is 0.190. The molecule has 1 aliphatic heterocycles. The second kappa shape index (κ2) is 6.61. The summed E-state index contributed by atoms with van der Waals surface area (Å²) in [5.41, 5.74) is 1.48. The van der Waals surface area contributed by atoms with E-state index in [-0.39, 0.29) is 23.0 Å². The SMILES string of the molecule is O=C(c1ccc(-c2cccc(C(F)(F)F)c2)o1)N1CCCc2ccccc21. The maximum Gasteiger partial charge on any atom is 0.416 e. The van der Waals surface area contributed by atoms with Crippen molar-refractivity contribution in [2.75, 3.05) is 11.4 Å². The molecule has 0 aliphatic carbocycles. The number of para-hydroxylation sites is 1. The lowest BCUT2D eigenvalue weighted by Crippen LogP contribution is -2.35. The van der Waals surface area contributed by atoms with E-state index >= 15 is 0 Å². The number of carbonyl (C=O) groups excluding carboxylic acids is 1. The summed E-state index contributed by atoms with van der Waals surface area (Å²) in [4.78, 5) is 14.5. The highest BCUT2D eigenvalue weighted by Crippen LogP contribution is 2.33. The van der Waals surface area contributed by atoms with Gasteiger partial charge in [-0.2, -0.15) is 13.2 Å². The minimum atomic E-state index is -4.43. The van der Waals surface area contributed by atoms with Gasteiger partial charge in [0, 0.05) is 17.8 Å². The average Bonchev–Trinajstić information content (AvgIpc) is 3.17. The Balaban J connectivity index is 1.63. The molecule has 3 aromatic rings. The minimum Gasteiger partial charge on any atom is -0.451 e. The predicted octanol–water partition coefficient (Wildman–Crippen LogP) is 5.56. The molecule has 4 rings (SSSR count). The maximum atomic E-state index is 12.9. The Hall–Kier alpha value is -3.02. The molecular formula is C21H16F3NO2. The van der Waals surface area contributed by atoms with Crippen LogP contribution in [0.2, 0.25) is 0 Å². The van der Waals surface area contributed by atoms with Gasteiger partial charge < -0.3 is 9.32 Å². The summed E-state index contributed by atoms with van der Waals surface area (Å²) in [7, 11) is 0. The van der Waals surface area contributed by atoms with Crippen molar-refractivity contribution in [2.45, 2.75) is 19.0 Å². The highest BCUT2D eigenvalue weighted by Gasteiger charge is 2.31. The molecule has 0 fully saturated rings. The monoisotopic (exact) mass is 371 g/mol. The summed E-state index contributed by atoms with van der Waals surface area (Å²) in [5.74, 6) is 0.0502. The van der Waals surface area contributed by atoms with Gasteiger partial charge in [-0.3, -0.25) is 4.79 Å². The number of furan rings is 1. The number of hydrogen-bond donors (Lipinski definition) is 0. The third-order valence-corrected chi connectivity index (χ3v) is 4.65. The molecule has 0 saturated carbocycles. The number of alkyl halides is 3. The van der Waals surface area contributed by atoms with Gasteiger partial charge in [0.15, 0.2) is 5.76 Å². The van der Waals surface area contributed by atoms with E-state index in [2.05, 4.69) is 0 Å². The molecular weight excluding hydrogens is 355 g/mol. The smallest absolute Gasteiger partial charge is 0.416 e. The number of anilines is 1. The first-order valence-corrected chi connectivity index (χ1v) is 8.61. The first kappa shape index (κ1) is 17.4. The number of nitrogens with zero attached hydrogens (tertiary/aromatic N) is 1. The van der Waals surface area contributed by atoms with Crippen molar-refractivity contribution in [1.29, 1.82) is 0 Å². The lowest BCUT2D eigenvalue weighted by Gasteiger charge is -2.28. The Kier molecular flexibility index (Phi) is 4.26. The van der Waals surface area contributed by atoms with Gasteiger partial charge in [0.1, 0.15) is 5.76 Å². The van der Waals surface area contributed by atoms with Crippen molar-refractivity contribution in [3.05, 3.63) is 77.6 Å². The van der Waals surface area contributed by atoms with E-state index in [1.54, 1.807) is 4.90 Å². The molecule has 1 aromatic heterocycles. The lowest BCUT2D eigenvalue weighted by molar-refractivity contribution is -0.137. The van der Waals surface area contributed by atoms with Gasteiger partial charge in [-0.25, -0.2) is 0 Å². The van der Waals surface area contributed by atoms with Crippen LogP contribution in [0, 0.1) is 0 Å². The molecule has 27 heavy (non-hydrogen) atoms. The van der Waals surface area contributed by atoms with Crippen LogP contribution in [0.3, 0.4) is 0 Å².